The topological polar surface area (TPSA) is 50.8 Å². The normalized spacial score (nSPS) is 18.6. The molecule has 2 aromatic carbocycles. The molecule has 0 spiro atoms. The average Bonchev–Trinajstić information content (AvgIpc) is 2.74. The molecule has 2 atom stereocenters. The van der Waals surface area contributed by atoms with E-state index < -0.39 is 42.8 Å². The molecule has 1 aliphatic rings. The van der Waals surface area contributed by atoms with E-state index in [2.05, 4.69) is 10.1 Å². The van der Waals surface area contributed by atoms with E-state index in [0.29, 0.717) is 5.02 Å². The summed E-state index contributed by atoms with van der Waals surface area (Å²) in [5.74, 6) is 0. The number of rotatable bonds is 5. The number of hydrogen-bond donors (Lipinski definition) is 1. The smallest absolute Gasteiger partial charge is 0.426 e. The van der Waals surface area contributed by atoms with Crippen LogP contribution in [0.25, 0.3) is 0 Å². The van der Waals surface area contributed by atoms with E-state index >= 15 is 0 Å². The third-order valence-electron chi connectivity index (χ3n) is 4.87. The fraction of sp³-hybridized carbons (Fsp3) is 0.381. The Kier molecular flexibility index (Phi) is 7.76. The lowest BCUT2D eigenvalue weighted by Crippen LogP contribution is -2.48. The van der Waals surface area contributed by atoms with Gasteiger partial charge in [-0.15, -0.1) is 0 Å². The molecular formula is C21H19ClF6N2O3. The molecule has 3 rings (SSSR count). The fourth-order valence-corrected chi connectivity index (χ4v) is 3.36. The first kappa shape index (κ1) is 25.1. The minimum absolute atomic E-state index is 0.00244. The summed E-state index contributed by atoms with van der Waals surface area (Å²) in [4.78, 5) is 13.3. The van der Waals surface area contributed by atoms with E-state index in [-0.39, 0.29) is 30.9 Å². The second kappa shape index (κ2) is 10.2. The Hall–Kier alpha value is -2.50. The third kappa shape index (κ3) is 7.24. The fourth-order valence-electron chi connectivity index (χ4n) is 3.24. The Labute approximate surface area is 190 Å². The molecule has 5 nitrogen and oxygen atoms in total. The van der Waals surface area contributed by atoms with E-state index in [4.69, 9.17) is 16.3 Å². The van der Waals surface area contributed by atoms with Crippen molar-refractivity contribution >= 4 is 23.4 Å². The van der Waals surface area contributed by atoms with Crippen molar-refractivity contribution in [2.24, 2.45) is 0 Å². The largest absolute Gasteiger partial charge is 0.435 e. The van der Waals surface area contributed by atoms with Gasteiger partial charge in [0.05, 0.1) is 18.3 Å². The summed E-state index contributed by atoms with van der Waals surface area (Å²) in [7, 11) is 0. The number of alkyl halides is 6. The van der Waals surface area contributed by atoms with E-state index in [1.54, 1.807) is 0 Å². The number of nitrogens with zero attached hydrogens (tertiary/aromatic N) is 1. The molecule has 180 valence electrons. The van der Waals surface area contributed by atoms with Crippen molar-refractivity contribution in [3.05, 3.63) is 64.7 Å². The van der Waals surface area contributed by atoms with E-state index in [1.165, 1.54) is 41.3 Å². The second-order valence-corrected chi connectivity index (χ2v) is 7.75. The number of nitrogens with one attached hydrogen (secondary N) is 1. The summed E-state index contributed by atoms with van der Waals surface area (Å²) in [5, 5.41) is 2.57. The molecule has 0 aliphatic carbocycles. The maximum absolute atomic E-state index is 13.5. The van der Waals surface area contributed by atoms with Gasteiger partial charge in [0.1, 0.15) is 0 Å². The minimum atomic E-state index is -4.86. The molecule has 12 heteroatoms. The molecule has 1 heterocycles. The van der Waals surface area contributed by atoms with E-state index in [0.717, 1.165) is 12.1 Å². The van der Waals surface area contributed by atoms with Gasteiger partial charge in [-0.3, -0.25) is 10.2 Å². The monoisotopic (exact) mass is 496 g/mol. The number of amides is 1. The SMILES string of the molecule is O=C(Nc1ccc(Cl)cc1)O[C@@H](CN1CCO[C@H](c2cccc(C(F)(F)F)c2)C1)C(F)(F)F. The Balaban J connectivity index is 1.65. The van der Waals surface area contributed by atoms with Gasteiger partial charge in [-0.2, -0.15) is 26.3 Å². The number of halogens is 7. The molecule has 0 aromatic heterocycles. The number of morpholine rings is 1. The van der Waals surface area contributed by atoms with Crippen LogP contribution in [0.3, 0.4) is 0 Å². The number of anilines is 1. The summed E-state index contributed by atoms with van der Waals surface area (Å²) in [6.45, 7) is -0.709. The molecule has 1 fully saturated rings. The van der Waals surface area contributed by atoms with Crippen LogP contribution in [-0.2, 0) is 15.7 Å². The Morgan fingerprint density at radius 3 is 2.48 bits per heavy atom. The molecule has 1 N–H and O–H groups in total. The highest BCUT2D eigenvalue weighted by Crippen LogP contribution is 2.33. The van der Waals surface area contributed by atoms with Crippen molar-refractivity contribution in [2.45, 2.75) is 24.6 Å². The highest BCUT2D eigenvalue weighted by Gasteiger charge is 2.44. The zero-order chi connectivity index (χ0) is 24.2. The maximum Gasteiger partial charge on any atom is 0.426 e. The van der Waals surface area contributed by atoms with Gasteiger partial charge >= 0.3 is 18.4 Å². The Bertz CT molecular complexity index is 952. The van der Waals surface area contributed by atoms with E-state index in [9.17, 15) is 31.1 Å². The van der Waals surface area contributed by atoms with Crippen LogP contribution in [0.4, 0.5) is 36.8 Å². The van der Waals surface area contributed by atoms with Crippen LogP contribution in [0, 0.1) is 0 Å². The van der Waals surface area contributed by atoms with Gasteiger partial charge in [0.2, 0.25) is 6.10 Å². The van der Waals surface area contributed by atoms with Crippen molar-refractivity contribution in [3.8, 4) is 0 Å². The Morgan fingerprint density at radius 2 is 1.85 bits per heavy atom. The number of carbonyl (C=O) groups is 1. The molecule has 1 aliphatic heterocycles. The number of benzene rings is 2. The molecule has 1 saturated heterocycles. The predicted molar refractivity (Wildman–Crippen MR) is 108 cm³/mol. The average molecular weight is 497 g/mol. The summed E-state index contributed by atoms with van der Waals surface area (Å²) in [6, 6.07) is 10.1. The summed E-state index contributed by atoms with van der Waals surface area (Å²) >= 11 is 5.72. The first-order chi connectivity index (χ1) is 15.4. The van der Waals surface area contributed by atoms with Crippen LogP contribution in [-0.4, -0.2) is 49.5 Å². The second-order valence-electron chi connectivity index (χ2n) is 7.31. The molecule has 2 aromatic rings. The highest BCUT2D eigenvalue weighted by atomic mass is 35.5. The molecule has 1 amide bonds. The van der Waals surface area contributed by atoms with Gasteiger partial charge < -0.3 is 9.47 Å². The first-order valence-corrected chi connectivity index (χ1v) is 10.1. The lowest BCUT2D eigenvalue weighted by molar-refractivity contribution is -0.209. The zero-order valence-electron chi connectivity index (χ0n) is 16.9. The van der Waals surface area contributed by atoms with Crippen molar-refractivity contribution < 1.29 is 40.6 Å². The summed E-state index contributed by atoms with van der Waals surface area (Å²) < 4.78 is 89.6. The van der Waals surface area contributed by atoms with Crippen molar-refractivity contribution in [3.63, 3.8) is 0 Å². The van der Waals surface area contributed by atoms with Crippen LogP contribution in [0.15, 0.2) is 48.5 Å². The van der Waals surface area contributed by atoms with Crippen molar-refractivity contribution in [2.75, 3.05) is 31.6 Å². The van der Waals surface area contributed by atoms with Crippen LogP contribution in [0.1, 0.15) is 17.2 Å². The van der Waals surface area contributed by atoms with Crippen molar-refractivity contribution in [1.82, 2.24) is 4.90 Å². The number of hydrogen-bond acceptors (Lipinski definition) is 4. The Morgan fingerprint density at radius 1 is 1.15 bits per heavy atom. The zero-order valence-corrected chi connectivity index (χ0v) is 17.7. The molecule has 0 radical (unpaired) electrons. The molecule has 0 saturated carbocycles. The van der Waals surface area contributed by atoms with Gasteiger partial charge in [0.15, 0.2) is 0 Å². The standard InChI is InChI=1S/C21H19ClF6N2O3/c22-15-4-6-16(7-5-15)29-19(31)33-18(21(26,27)28)12-30-8-9-32-17(11-30)13-2-1-3-14(10-13)20(23,24)25/h1-7,10,17-18H,8-9,11-12H2,(H,29,31)/t17-,18-/m0/s1. The van der Waals surface area contributed by atoms with Crippen LogP contribution in [0.5, 0.6) is 0 Å². The van der Waals surface area contributed by atoms with Gasteiger partial charge in [-0.1, -0.05) is 23.7 Å². The molecule has 33 heavy (non-hydrogen) atoms. The van der Waals surface area contributed by atoms with Gasteiger partial charge in [-0.25, -0.2) is 4.79 Å². The van der Waals surface area contributed by atoms with Crippen LogP contribution >= 0.6 is 11.6 Å². The molecule has 0 unspecified atom stereocenters. The minimum Gasteiger partial charge on any atom is -0.435 e. The summed E-state index contributed by atoms with van der Waals surface area (Å²) in [5.41, 5.74) is -0.489. The lowest BCUT2D eigenvalue weighted by atomic mass is 10.0. The van der Waals surface area contributed by atoms with Gasteiger partial charge in [0.25, 0.3) is 0 Å². The van der Waals surface area contributed by atoms with Crippen LogP contribution in [0.2, 0.25) is 5.02 Å². The number of carbonyl (C=O) groups excluding carboxylic acids is 1. The lowest BCUT2D eigenvalue weighted by Gasteiger charge is -2.35. The first-order valence-electron chi connectivity index (χ1n) is 9.73. The van der Waals surface area contributed by atoms with Crippen LogP contribution < -0.4 is 5.32 Å². The summed E-state index contributed by atoms with van der Waals surface area (Å²) in [6.07, 6.45) is -14.0. The maximum atomic E-state index is 13.5. The predicted octanol–water partition coefficient (Wildman–Crippen LogP) is 5.91. The molecular weight excluding hydrogens is 478 g/mol. The highest BCUT2D eigenvalue weighted by molar-refractivity contribution is 6.30. The van der Waals surface area contributed by atoms with Crippen molar-refractivity contribution in [1.29, 1.82) is 0 Å². The van der Waals surface area contributed by atoms with E-state index in [1.807, 2.05) is 0 Å². The molecule has 0 bridgehead atoms. The quantitative estimate of drug-likeness (QED) is 0.523. The van der Waals surface area contributed by atoms with Gasteiger partial charge in [-0.05, 0) is 42.0 Å². The van der Waals surface area contributed by atoms with Gasteiger partial charge in [0, 0.05) is 30.3 Å². The number of ether oxygens (including phenoxy) is 2. The third-order valence-corrected chi connectivity index (χ3v) is 5.12.